The number of hydrogen-bond donors (Lipinski definition) is 0. The molecule has 0 atom stereocenters. The van der Waals surface area contributed by atoms with Crippen LogP contribution in [0.1, 0.15) is 29.0 Å². The van der Waals surface area contributed by atoms with E-state index in [1.807, 2.05) is 18.3 Å². The number of hydrogen-bond acceptors (Lipinski definition) is 6. The van der Waals surface area contributed by atoms with Crippen LogP contribution < -0.4 is 4.90 Å². The molecule has 1 aliphatic heterocycles. The van der Waals surface area contributed by atoms with Crippen molar-refractivity contribution in [3.8, 4) is 0 Å². The van der Waals surface area contributed by atoms with Crippen LogP contribution in [0.2, 0.25) is 0 Å². The molecule has 3 aromatic rings. The Balaban J connectivity index is 1.34. The molecule has 140 valence electrons. The van der Waals surface area contributed by atoms with Crippen LogP contribution in [0, 0.1) is 0 Å². The molecule has 5 nitrogen and oxygen atoms in total. The SMILES string of the molecule is CCc1nc(CN2CCN(c3ccnc(Cc4ccccc4)n3)CC2)cs1. The summed E-state index contributed by atoms with van der Waals surface area (Å²) in [5.41, 5.74) is 2.45. The van der Waals surface area contributed by atoms with Gasteiger partial charge in [-0.3, -0.25) is 4.90 Å². The molecule has 0 spiro atoms. The van der Waals surface area contributed by atoms with Crippen molar-refractivity contribution in [2.24, 2.45) is 0 Å². The molecule has 3 heterocycles. The highest BCUT2D eigenvalue weighted by molar-refractivity contribution is 7.09. The van der Waals surface area contributed by atoms with Crippen molar-refractivity contribution < 1.29 is 0 Å². The molecule has 0 amide bonds. The van der Waals surface area contributed by atoms with E-state index in [0.717, 1.165) is 57.2 Å². The Bertz CT molecular complexity index is 856. The standard InChI is InChI=1S/C21H25N5S/c1-2-21-23-18(16-27-21)15-25-10-12-26(13-11-25)20-8-9-22-19(24-20)14-17-6-4-3-5-7-17/h3-9,16H,2,10-15H2,1H3. The zero-order valence-corrected chi connectivity index (χ0v) is 16.5. The molecule has 1 aromatic carbocycles. The highest BCUT2D eigenvalue weighted by Gasteiger charge is 2.19. The molecule has 2 aromatic heterocycles. The molecule has 1 saturated heterocycles. The normalized spacial score (nSPS) is 15.2. The molecule has 0 N–H and O–H groups in total. The summed E-state index contributed by atoms with van der Waals surface area (Å²) < 4.78 is 0. The fourth-order valence-corrected chi connectivity index (χ4v) is 4.11. The van der Waals surface area contributed by atoms with Crippen LogP contribution in [0.25, 0.3) is 0 Å². The van der Waals surface area contributed by atoms with Crippen molar-refractivity contribution in [2.45, 2.75) is 26.3 Å². The quantitative estimate of drug-likeness (QED) is 0.657. The van der Waals surface area contributed by atoms with E-state index < -0.39 is 0 Å². The van der Waals surface area contributed by atoms with Crippen molar-refractivity contribution in [1.29, 1.82) is 0 Å². The highest BCUT2D eigenvalue weighted by Crippen LogP contribution is 2.17. The molecule has 4 rings (SSSR count). The van der Waals surface area contributed by atoms with Crippen molar-refractivity contribution in [3.63, 3.8) is 0 Å². The smallest absolute Gasteiger partial charge is 0.135 e. The van der Waals surface area contributed by atoms with E-state index in [4.69, 9.17) is 9.97 Å². The lowest BCUT2D eigenvalue weighted by Crippen LogP contribution is -2.46. The number of rotatable bonds is 6. The number of aromatic nitrogens is 3. The summed E-state index contributed by atoms with van der Waals surface area (Å²) in [6.07, 6.45) is 3.68. The van der Waals surface area contributed by atoms with Crippen molar-refractivity contribution in [1.82, 2.24) is 19.9 Å². The average Bonchev–Trinajstić information content (AvgIpc) is 3.17. The molecule has 0 aliphatic carbocycles. The molecule has 6 heteroatoms. The molecule has 0 radical (unpaired) electrons. The summed E-state index contributed by atoms with van der Waals surface area (Å²) in [6, 6.07) is 12.4. The van der Waals surface area contributed by atoms with E-state index in [2.05, 4.69) is 51.4 Å². The minimum atomic E-state index is 0.776. The van der Waals surface area contributed by atoms with Gasteiger partial charge in [0.1, 0.15) is 11.6 Å². The summed E-state index contributed by atoms with van der Waals surface area (Å²) in [7, 11) is 0. The third-order valence-corrected chi connectivity index (χ3v) is 5.92. The number of thiazole rings is 1. The molecule has 27 heavy (non-hydrogen) atoms. The van der Waals surface area contributed by atoms with Gasteiger partial charge in [0, 0.05) is 50.7 Å². The Morgan fingerprint density at radius 1 is 1.00 bits per heavy atom. The molecule has 1 fully saturated rings. The lowest BCUT2D eigenvalue weighted by Gasteiger charge is -2.35. The van der Waals surface area contributed by atoms with Crippen molar-refractivity contribution in [2.75, 3.05) is 31.1 Å². The first-order valence-corrected chi connectivity index (χ1v) is 10.4. The second-order valence-corrected chi connectivity index (χ2v) is 7.79. The summed E-state index contributed by atoms with van der Waals surface area (Å²) in [5.74, 6) is 1.92. The largest absolute Gasteiger partial charge is 0.354 e. The van der Waals surface area contributed by atoms with Crippen molar-refractivity contribution >= 4 is 17.2 Å². The van der Waals surface area contributed by atoms with Gasteiger partial charge in [-0.1, -0.05) is 37.3 Å². The minimum Gasteiger partial charge on any atom is -0.354 e. The maximum atomic E-state index is 4.80. The molecule has 0 saturated carbocycles. The van der Waals surface area contributed by atoms with Gasteiger partial charge in [-0.15, -0.1) is 11.3 Å². The van der Waals surface area contributed by atoms with Gasteiger partial charge in [0.25, 0.3) is 0 Å². The average molecular weight is 380 g/mol. The Kier molecular flexibility index (Phi) is 5.75. The summed E-state index contributed by atoms with van der Waals surface area (Å²) in [5, 5.41) is 3.43. The van der Waals surface area contributed by atoms with Crippen LogP contribution in [0.4, 0.5) is 5.82 Å². The maximum Gasteiger partial charge on any atom is 0.135 e. The second-order valence-electron chi connectivity index (χ2n) is 6.84. The number of nitrogens with zero attached hydrogens (tertiary/aromatic N) is 5. The van der Waals surface area contributed by atoms with Crippen LogP contribution in [0.3, 0.4) is 0 Å². The predicted molar refractivity (Wildman–Crippen MR) is 110 cm³/mol. The van der Waals surface area contributed by atoms with Gasteiger partial charge in [-0.05, 0) is 18.1 Å². The van der Waals surface area contributed by atoms with Gasteiger partial charge in [0.2, 0.25) is 0 Å². The number of benzene rings is 1. The monoisotopic (exact) mass is 379 g/mol. The Labute approximate surface area is 164 Å². The minimum absolute atomic E-state index is 0.776. The summed E-state index contributed by atoms with van der Waals surface area (Å²) in [4.78, 5) is 18.8. The van der Waals surface area contributed by atoms with E-state index in [1.54, 1.807) is 11.3 Å². The van der Waals surface area contributed by atoms with E-state index in [-0.39, 0.29) is 0 Å². The third kappa shape index (κ3) is 4.70. The van der Waals surface area contributed by atoms with Crippen LogP contribution in [0.15, 0.2) is 48.0 Å². The molecular formula is C21H25N5S. The van der Waals surface area contributed by atoms with E-state index in [1.165, 1.54) is 16.3 Å². The van der Waals surface area contributed by atoms with E-state index in [9.17, 15) is 0 Å². The van der Waals surface area contributed by atoms with E-state index in [0.29, 0.717) is 0 Å². The predicted octanol–water partition coefficient (Wildman–Crippen LogP) is 3.41. The maximum absolute atomic E-state index is 4.80. The van der Waals surface area contributed by atoms with Gasteiger partial charge in [-0.2, -0.15) is 0 Å². The lowest BCUT2D eigenvalue weighted by atomic mass is 10.1. The van der Waals surface area contributed by atoms with Gasteiger partial charge >= 0.3 is 0 Å². The van der Waals surface area contributed by atoms with Crippen LogP contribution in [0.5, 0.6) is 0 Å². The fourth-order valence-electron chi connectivity index (χ4n) is 3.38. The Morgan fingerprint density at radius 2 is 1.81 bits per heavy atom. The molecule has 0 unspecified atom stereocenters. The topological polar surface area (TPSA) is 45.2 Å². The Hall–Kier alpha value is -2.31. The Morgan fingerprint density at radius 3 is 2.56 bits per heavy atom. The molecule has 1 aliphatic rings. The zero-order valence-electron chi connectivity index (χ0n) is 15.7. The third-order valence-electron chi connectivity index (χ3n) is 4.88. The first-order valence-electron chi connectivity index (χ1n) is 9.56. The molecule has 0 bridgehead atoms. The molecular weight excluding hydrogens is 354 g/mol. The van der Waals surface area contributed by atoms with Crippen LogP contribution >= 0.6 is 11.3 Å². The van der Waals surface area contributed by atoms with Crippen LogP contribution in [-0.4, -0.2) is 46.0 Å². The van der Waals surface area contributed by atoms with E-state index >= 15 is 0 Å². The summed E-state index contributed by atoms with van der Waals surface area (Å²) in [6.45, 7) is 7.18. The fraction of sp³-hybridized carbons (Fsp3) is 0.381. The summed E-state index contributed by atoms with van der Waals surface area (Å²) >= 11 is 1.77. The first kappa shape index (κ1) is 18.1. The van der Waals surface area contributed by atoms with Gasteiger partial charge in [-0.25, -0.2) is 15.0 Å². The number of piperazine rings is 1. The lowest BCUT2D eigenvalue weighted by molar-refractivity contribution is 0.247. The van der Waals surface area contributed by atoms with Gasteiger partial charge < -0.3 is 4.90 Å². The second kappa shape index (κ2) is 8.59. The van der Waals surface area contributed by atoms with Crippen LogP contribution in [-0.2, 0) is 19.4 Å². The zero-order chi connectivity index (χ0) is 18.5. The van der Waals surface area contributed by atoms with Crippen molar-refractivity contribution in [3.05, 3.63) is 70.1 Å². The van der Waals surface area contributed by atoms with Gasteiger partial charge in [0.05, 0.1) is 10.7 Å². The van der Waals surface area contributed by atoms with Gasteiger partial charge in [0.15, 0.2) is 0 Å². The highest BCUT2D eigenvalue weighted by atomic mass is 32.1. The first-order chi connectivity index (χ1) is 13.3. The number of anilines is 1. The number of aryl methyl sites for hydroxylation is 1.